The second-order valence-electron chi connectivity index (χ2n) is 5.14. The van der Waals surface area contributed by atoms with Crippen LogP contribution in [0.2, 0.25) is 0 Å². The average molecular weight is 274 g/mol. The molecule has 0 aliphatic carbocycles. The highest BCUT2D eigenvalue weighted by Gasteiger charge is 2.17. The summed E-state index contributed by atoms with van der Waals surface area (Å²) in [5, 5.41) is 12.2. The smallest absolute Gasteiger partial charge is 0.277 e. The molecule has 5 nitrogen and oxygen atoms in total. The Morgan fingerprint density at radius 1 is 1.30 bits per heavy atom. The van der Waals surface area contributed by atoms with Gasteiger partial charge in [-0.1, -0.05) is 44.5 Å². The monoisotopic (exact) mass is 274 g/mol. The maximum Gasteiger partial charge on any atom is 0.277 e. The minimum absolute atomic E-state index is 0.0678. The topological polar surface area (TPSA) is 59.8 Å². The number of rotatable bonds is 6. The molecule has 1 aromatic carbocycles. The van der Waals surface area contributed by atoms with E-state index < -0.39 is 0 Å². The number of aromatic nitrogens is 3. The van der Waals surface area contributed by atoms with Crippen LogP contribution < -0.4 is 10.9 Å². The number of benzene rings is 1. The van der Waals surface area contributed by atoms with Gasteiger partial charge in [0.25, 0.3) is 5.56 Å². The van der Waals surface area contributed by atoms with Gasteiger partial charge in [-0.05, 0) is 24.6 Å². The first-order chi connectivity index (χ1) is 9.67. The lowest BCUT2D eigenvalue weighted by Crippen LogP contribution is -2.41. The predicted octanol–water partition coefficient (Wildman–Crippen LogP) is 1.82. The van der Waals surface area contributed by atoms with Crippen molar-refractivity contribution < 1.29 is 0 Å². The molecule has 0 radical (unpaired) electrons. The maximum absolute atomic E-state index is 12.4. The molecule has 2 aromatic rings. The predicted molar refractivity (Wildman–Crippen MR) is 80.7 cm³/mol. The standard InChI is InChI=1S/C15H22N4O/c1-4-11(3)14(16-5-2)10-19-15(20)12-8-6-7-9-13(12)17-18-19/h6-9,11,14,16H,4-5,10H2,1-3H3. The first-order valence-electron chi connectivity index (χ1n) is 7.23. The molecule has 108 valence electrons. The molecule has 0 bridgehead atoms. The van der Waals surface area contributed by atoms with Gasteiger partial charge in [-0.3, -0.25) is 4.79 Å². The van der Waals surface area contributed by atoms with Crippen LogP contribution in [0.15, 0.2) is 29.1 Å². The van der Waals surface area contributed by atoms with Gasteiger partial charge in [0.1, 0.15) is 5.52 Å². The van der Waals surface area contributed by atoms with Gasteiger partial charge in [-0.25, -0.2) is 4.68 Å². The maximum atomic E-state index is 12.4. The molecule has 0 amide bonds. The third kappa shape index (κ3) is 3.04. The molecule has 1 heterocycles. The highest BCUT2D eigenvalue weighted by molar-refractivity contribution is 5.76. The number of likely N-dealkylation sites (N-methyl/N-ethyl adjacent to an activating group) is 1. The average Bonchev–Trinajstić information content (AvgIpc) is 2.48. The second kappa shape index (κ2) is 6.61. The van der Waals surface area contributed by atoms with Crippen LogP contribution in [0.5, 0.6) is 0 Å². The lowest BCUT2D eigenvalue weighted by Gasteiger charge is -2.23. The van der Waals surface area contributed by atoms with Gasteiger partial charge in [0, 0.05) is 6.04 Å². The normalized spacial score (nSPS) is 14.3. The molecular formula is C15H22N4O. The molecule has 20 heavy (non-hydrogen) atoms. The molecule has 2 unspecified atom stereocenters. The summed E-state index contributed by atoms with van der Waals surface area (Å²) >= 11 is 0. The summed E-state index contributed by atoms with van der Waals surface area (Å²) in [6.45, 7) is 7.85. The highest BCUT2D eigenvalue weighted by atomic mass is 16.1. The van der Waals surface area contributed by atoms with E-state index in [1.807, 2.05) is 18.2 Å². The van der Waals surface area contributed by atoms with E-state index >= 15 is 0 Å². The molecule has 5 heteroatoms. The molecule has 0 saturated heterocycles. The van der Waals surface area contributed by atoms with Gasteiger partial charge >= 0.3 is 0 Å². The van der Waals surface area contributed by atoms with Crippen LogP contribution in [0.1, 0.15) is 27.2 Å². The van der Waals surface area contributed by atoms with Crippen molar-refractivity contribution in [3.05, 3.63) is 34.6 Å². The van der Waals surface area contributed by atoms with Crippen molar-refractivity contribution in [2.45, 2.75) is 39.8 Å². The fraction of sp³-hybridized carbons (Fsp3) is 0.533. The van der Waals surface area contributed by atoms with Gasteiger partial charge in [0.05, 0.1) is 11.9 Å². The van der Waals surface area contributed by atoms with Gasteiger partial charge in [0.2, 0.25) is 0 Å². The van der Waals surface area contributed by atoms with Crippen molar-refractivity contribution in [2.75, 3.05) is 6.54 Å². The molecule has 1 N–H and O–H groups in total. The first kappa shape index (κ1) is 14.7. The van der Waals surface area contributed by atoms with Crippen molar-refractivity contribution >= 4 is 10.9 Å². The summed E-state index contributed by atoms with van der Waals surface area (Å²) in [5.74, 6) is 0.482. The summed E-state index contributed by atoms with van der Waals surface area (Å²) in [7, 11) is 0. The zero-order chi connectivity index (χ0) is 14.5. The van der Waals surface area contributed by atoms with E-state index in [1.54, 1.807) is 6.07 Å². The zero-order valence-corrected chi connectivity index (χ0v) is 12.3. The SMILES string of the molecule is CCNC(Cn1nnc2ccccc2c1=O)C(C)CC. The molecule has 0 saturated carbocycles. The Hall–Kier alpha value is -1.75. The van der Waals surface area contributed by atoms with Crippen molar-refractivity contribution in [2.24, 2.45) is 5.92 Å². The lowest BCUT2D eigenvalue weighted by atomic mass is 9.99. The molecule has 2 atom stereocenters. The zero-order valence-electron chi connectivity index (χ0n) is 12.3. The highest BCUT2D eigenvalue weighted by Crippen LogP contribution is 2.09. The minimum atomic E-state index is -0.0678. The minimum Gasteiger partial charge on any atom is -0.312 e. The molecule has 1 aromatic heterocycles. The molecule has 0 aliphatic rings. The lowest BCUT2D eigenvalue weighted by molar-refractivity contribution is 0.314. The number of nitrogens with zero attached hydrogens (tertiary/aromatic N) is 3. The van der Waals surface area contributed by atoms with Crippen molar-refractivity contribution in [3.63, 3.8) is 0 Å². The van der Waals surface area contributed by atoms with Gasteiger partial charge in [-0.2, -0.15) is 0 Å². The molecular weight excluding hydrogens is 252 g/mol. The Morgan fingerprint density at radius 3 is 2.75 bits per heavy atom. The van der Waals surface area contributed by atoms with Crippen molar-refractivity contribution in [3.8, 4) is 0 Å². The quantitative estimate of drug-likeness (QED) is 0.873. The summed E-state index contributed by atoms with van der Waals surface area (Å²) in [4.78, 5) is 12.4. The second-order valence-corrected chi connectivity index (χ2v) is 5.14. The van der Waals surface area contributed by atoms with Crippen molar-refractivity contribution in [1.29, 1.82) is 0 Å². The first-order valence-corrected chi connectivity index (χ1v) is 7.23. The van der Waals surface area contributed by atoms with E-state index in [0.29, 0.717) is 23.4 Å². The fourth-order valence-electron chi connectivity index (χ4n) is 2.32. The Labute approximate surface area is 119 Å². The van der Waals surface area contributed by atoms with E-state index in [2.05, 4.69) is 36.4 Å². The summed E-state index contributed by atoms with van der Waals surface area (Å²) in [6.07, 6.45) is 1.06. The molecule has 2 rings (SSSR count). The fourth-order valence-corrected chi connectivity index (χ4v) is 2.32. The molecule has 0 fully saturated rings. The van der Waals surface area contributed by atoms with Gasteiger partial charge in [0.15, 0.2) is 0 Å². The van der Waals surface area contributed by atoms with E-state index in [9.17, 15) is 4.79 Å². The Morgan fingerprint density at radius 2 is 2.05 bits per heavy atom. The van der Waals surface area contributed by atoms with Gasteiger partial charge < -0.3 is 5.32 Å². The number of fused-ring (bicyclic) bond motifs is 1. The van der Waals surface area contributed by atoms with Crippen molar-refractivity contribution in [1.82, 2.24) is 20.3 Å². The van der Waals surface area contributed by atoms with Crippen LogP contribution in [0, 0.1) is 5.92 Å². The largest absolute Gasteiger partial charge is 0.312 e. The van der Waals surface area contributed by atoms with Gasteiger partial charge in [-0.15, -0.1) is 5.10 Å². The third-order valence-corrected chi connectivity index (χ3v) is 3.80. The van der Waals surface area contributed by atoms with E-state index in [4.69, 9.17) is 0 Å². The third-order valence-electron chi connectivity index (χ3n) is 3.80. The number of hydrogen-bond acceptors (Lipinski definition) is 4. The number of nitrogens with one attached hydrogen (secondary N) is 1. The van der Waals surface area contributed by atoms with Crippen LogP contribution >= 0.6 is 0 Å². The van der Waals surface area contributed by atoms with E-state index in [-0.39, 0.29) is 11.6 Å². The molecule has 0 aliphatic heterocycles. The Bertz CT molecular complexity index is 623. The Balaban J connectivity index is 2.32. The Kier molecular flexibility index (Phi) is 4.84. The molecule has 0 spiro atoms. The van der Waals surface area contributed by atoms with Crippen LogP contribution in [0.25, 0.3) is 10.9 Å². The van der Waals surface area contributed by atoms with E-state index in [1.165, 1.54) is 4.68 Å². The van der Waals surface area contributed by atoms with Crippen LogP contribution in [-0.2, 0) is 6.54 Å². The van der Waals surface area contributed by atoms with E-state index in [0.717, 1.165) is 13.0 Å². The number of hydrogen-bond donors (Lipinski definition) is 1. The van der Waals surface area contributed by atoms with Crippen LogP contribution in [0.3, 0.4) is 0 Å². The van der Waals surface area contributed by atoms with Crippen LogP contribution in [-0.4, -0.2) is 27.6 Å². The summed E-state index contributed by atoms with van der Waals surface area (Å²) < 4.78 is 1.47. The summed E-state index contributed by atoms with van der Waals surface area (Å²) in [5.41, 5.74) is 0.582. The van der Waals surface area contributed by atoms with Crippen LogP contribution in [0.4, 0.5) is 0 Å². The summed E-state index contributed by atoms with van der Waals surface area (Å²) in [6, 6.07) is 7.56.